The monoisotopic (exact) mass is 343 g/mol. The number of carbonyl (C=O) groups is 1. The van der Waals surface area contributed by atoms with E-state index in [4.69, 9.17) is 4.74 Å². The molecule has 0 saturated carbocycles. The zero-order valence-corrected chi connectivity index (χ0v) is 15.1. The number of hydrogen-bond acceptors (Lipinski definition) is 4. The van der Waals surface area contributed by atoms with Crippen molar-refractivity contribution >= 4 is 5.91 Å². The highest BCUT2D eigenvalue weighted by atomic mass is 16.5. The number of carbonyl (C=O) groups excluding carboxylic acids is 1. The van der Waals surface area contributed by atoms with Gasteiger partial charge in [-0.2, -0.15) is 0 Å². The molecule has 5 heteroatoms. The van der Waals surface area contributed by atoms with Crippen molar-refractivity contribution in [3.05, 3.63) is 30.1 Å². The topological polar surface area (TPSA) is 45.7 Å². The molecule has 0 unspecified atom stereocenters. The molecule has 0 N–H and O–H groups in total. The van der Waals surface area contributed by atoms with Crippen molar-refractivity contribution in [1.29, 1.82) is 0 Å². The largest absolute Gasteiger partial charge is 0.363 e. The third-order valence-corrected chi connectivity index (χ3v) is 6.14. The molecule has 4 heterocycles. The predicted octanol–water partition coefficient (Wildman–Crippen LogP) is 2.46. The highest BCUT2D eigenvalue weighted by molar-refractivity contribution is 5.81. The number of aromatic nitrogens is 1. The maximum Gasteiger partial charge on any atom is 0.251 e. The van der Waals surface area contributed by atoms with Crippen molar-refractivity contribution in [2.75, 3.05) is 19.6 Å². The van der Waals surface area contributed by atoms with Gasteiger partial charge in [0.15, 0.2) is 0 Å². The number of nitrogens with zero attached hydrogens (tertiary/aromatic N) is 3. The highest BCUT2D eigenvalue weighted by Gasteiger charge is 2.42. The lowest BCUT2D eigenvalue weighted by Crippen LogP contribution is -2.50. The van der Waals surface area contributed by atoms with Gasteiger partial charge in [0.25, 0.3) is 5.91 Å². The van der Waals surface area contributed by atoms with E-state index in [0.29, 0.717) is 6.04 Å². The molecule has 0 radical (unpaired) electrons. The molecule has 0 bridgehead atoms. The van der Waals surface area contributed by atoms with Gasteiger partial charge < -0.3 is 9.64 Å². The second-order valence-corrected chi connectivity index (χ2v) is 7.94. The molecule has 0 aliphatic carbocycles. The summed E-state index contributed by atoms with van der Waals surface area (Å²) in [6.07, 6.45) is 8.97. The van der Waals surface area contributed by atoms with Gasteiger partial charge in [-0.25, -0.2) is 0 Å². The Morgan fingerprint density at radius 2 is 2.04 bits per heavy atom. The summed E-state index contributed by atoms with van der Waals surface area (Å²) >= 11 is 0. The number of amides is 1. The lowest BCUT2D eigenvalue weighted by atomic mass is 9.96. The Morgan fingerprint density at radius 3 is 2.80 bits per heavy atom. The Hall–Kier alpha value is -1.46. The van der Waals surface area contributed by atoms with Crippen molar-refractivity contribution in [3.8, 4) is 0 Å². The van der Waals surface area contributed by atoms with Crippen LogP contribution in [-0.4, -0.2) is 58.6 Å². The van der Waals surface area contributed by atoms with Gasteiger partial charge in [0.05, 0.1) is 6.10 Å². The third-order valence-electron chi connectivity index (χ3n) is 6.14. The molecule has 1 amide bonds. The lowest BCUT2D eigenvalue weighted by molar-refractivity contribution is -0.155. The number of pyridine rings is 1. The van der Waals surface area contributed by atoms with Gasteiger partial charge in [-0.1, -0.05) is 13.0 Å². The van der Waals surface area contributed by atoms with Crippen molar-refractivity contribution in [2.45, 2.75) is 63.8 Å². The van der Waals surface area contributed by atoms with Gasteiger partial charge in [-0.05, 0) is 49.7 Å². The maximum absolute atomic E-state index is 12.8. The molecule has 3 atom stereocenters. The summed E-state index contributed by atoms with van der Waals surface area (Å²) in [5.41, 5.74) is 1.25. The number of fused-ring (bicyclic) bond motifs is 1. The predicted molar refractivity (Wildman–Crippen MR) is 95.9 cm³/mol. The Bertz CT molecular complexity index is 586. The van der Waals surface area contributed by atoms with Gasteiger partial charge in [0.1, 0.15) is 6.10 Å². The first-order valence-corrected chi connectivity index (χ1v) is 9.78. The van der Waals surface area contributed by atoms with E-state index in [2.05, 4.69) is 22.9 Å². The van der Waals surface area contributed by atoms with E-state index in [-0.39, 0.29) is 18.1 Å². The van der Waals surface area contributed by atoms with E-state index in [9.17, 15) is 4.79 Å². The van der Waals surface area contributed by atoms with Crippen molar-refractivity contribution in [3.63, 3.8) is 0 Å². The molecular weight excluding hydrogens is 314 g/mol. The van der Waals surface area contributed by atoms with Gasteiger partial charge >= 0.3 is 0 Å². The quantitative estimate of drug-likeness (QED) is 0.846. The van der Waals surface area contributed by atoms with Crippen LogP contribution < -0.4 is 0 Å². The molecular formula is C20H29N3O2. The summed E-state index contributed by atoms with van der Waals surface area (Å²) in [6, 6.07) is 4.58. The second-order valence-electron chi connectivity index (χ2n) is 7.94. The first-order chi connectivity index (χ1) is 12.2. The summed E-state index contributed by atoms with van der Waals surface area (Å²) in [6.45, 7) is 6.06. The maximum atomic E-state index is 12.8. The fourth-order valence-electron chi connectivity index (χ4n) is 4.55. The SMILES string of the molecule is CC1CCN(C(=O)[C@@H]2CC[C@H]3[C@H](CCN3Cc3cccnc3)O2)CC1. The van der Waals surface area contributed by atoms with E-state index in [1.54, 1.807) is 0 Å². The van der Waals surface area contributed by atoms with Crippen molar-refractivity contribution in [1.82, 2.24) is 14.8 Å². The summed E-state index contributed by atoms with van der Waals surface area (Å²) < 4.78 is 6.27. The summed E-state index contributed by atoms with van der Waals surface area (Å²) in [4.78, 5) is 21.6. The van der Waals surface area contributed by atoms with Crippen molar-refractivity contribution < 1.29 is 9.53 Å². The van der Waals surface area contributed by atoms with Gasteiger partial charge in [-0.3, -0.25) is 14.7 Å². The molecule has 1 aromatic rings. The van der Waals surface area contributed by atoms with Crippen LogP contribution in [0.1, 0.15) is 44.6 Å². The molecule has 3 saturated heterocycles. The van der Waals surface area contributed by atoms with Crippen LogP contribution in [0.5, 0.6) is 0 Å². The standard InChI is InChI=1S/C20H29N3O2/c1-15-6-10-22(11-7-15)20(24)19-5-4-17-18(25-19)8-12-23(17)14-16-3-2-9-21-13-16/h2-3,9,13,15,17-19H,4-8,10-12,14H2,1H3/t17-,18-,19-/m0/s1. The van der Waals surface area contributed by atoms with Crippen LogP contribution in [0.3, 0.4) is 0 Å². The van der Waals surface area contributed by atoms with Crippen LogP contribution in [0, 0.1) is 5.92 Å². The van der Waals surface area contributed by atoms with Gasteiger partial charge in [0, 0.05) is 44.6 Å². The van der Waals surface area contributed by atoms with Crippen LogP contribution in [0.4, 0.5) is 0 Å². The van der Waals surface area contributed by atoms with Crippen LogP contribution in [0.2, 0.25) is 0 Å². The molecule has 5 nitrogen and oxygen atoms in total. The first-order valence-electron chi connectivity index (χ1n) is 9.78. The first kappa shape index (κ1) is 17.0. The van der Waals surface area contributed by atoms with E-state index >= 15 is 0 Å². The number of hydrogen-bond donors (Lipinski definition) is 0. The lowest BCUT2D eigenvalue weighted by Gasteiger charge is -2.38. The number of rotatable bonds is 3. The normalized spacial score (nSPS) is 31.1. The summed E-state index contributed by atoms with van der Waals surface area (Å²) in [5, 5.41) is 0. The molecule has 0 spiro atoms. The fraction of sp³-hybridized carbons (Fsp3) is 0.700. The Morgan fingerprint density at radius 1 is 1.20 bits per heavy atom. The van der Waals surface area contributed by atoms with E-state index in [1.165, 1.54) is 5.56 Å². The molecule has 3 aliphatic heterocycles. The zero-order valence-electron chi connectivity index (χ0n) is 15.1. The van der Waals surface area contributed by atoms with Crippen LogP contribution in [-0.2, 0) is 16.1 Å². The molecule has 3 fully saturated rings. The summed E-state index contributed by atoms with van der Waals surface area (Å²) in [7, 11) is 0. The van der Waals surface area contributed by atoms with E-state index < -0.39 is 0 Å². The minimum absolute atomic E-state index is 0.211. The Kier molecular flexibility index (Phi) is 5.04. The molecule has 1 aromatic heterocycles. The molecule has 136 valence electrons. The number of ether oxygens (including phenoxy) is 1. The fourth-order valence-corrected chi connectivity index (χ4v) is 4.55. The zero-order chi connectivity index (χ0) is 17.2. The number of piperidine rings is 1. The van der Waals surface area contributed by atoms with E-state index in [0.717, 1.165) is 64.2 Å². The molecule has 25 heavy (non-hydrogen) atoms. The van der Waals surface area contributed by atoms with E-state index in [1.807, 2.05) is 23.4 Å². The van der Waals surface area contributed by atoms with Crippen LogP contribution in [0.25, 0.3) is 0 Å². The second kappa shape index (κ2) is 7.42. The Labute approximate surface area is 150 Å². The van der Waals surface area contributed by atoms with Crippen molar-refractivity contribution in [2.24, 2.45) is 5.92 Å². The summed E-state index contributed by atoms with van der Waals surface area (Å²) in [5.74, 6) is 0.979. The van der Waals surface area contributed by atoms with Gasteiger partial charge in [-0.15, -0.1) is 0 Å². The molecule has 3 aliphatic rings. The molecule has 0 aromatic carbocycles. The molecule has 4 rings (SSSR count). The number of likely N-dealkylation sites (tertiary alicyclic amines) is 2. The van der Waals surface area contributed by atoms with Crippen LogP contribution in [0.15, 0.2) is 24.5 Å². The minimum Gasteiger partial charge on any atom is -0.363 e. The highest BCUT2D eigenvalue weighted by Crippen LogP contribution is 2.33. The minimum atomic E-state index is -0.215. The Balaban J connectivity index is 1.33. The smallest absolute Gasteiger partial charge is 0.251 e. The van der Waals surface area contributed by atoms with Gasteiger partial charge in [0.2, 0.25) is 0 Å². The average molecular weight is 343 g/mol. The third kappa shape index (κ3) is 3.72. The average Bonchev–Trinajstić information content (AvgIpc) is 3.05. The van der Waals surface area contributed by atoms with Crippen LogP contribution >= 0.6 is 0 Å².